The summed E-state index contributed by atoms with van der Waals surface area (Å²) in [6.45, 7) is 0. The molecule has 2 aromatic rings. The molecule has 2 saturated carbocycles. The van der Waals surface area contributed by atoms with Crippen LogP contribution in [0, 0.1) is 11.8 Å². The highest BCUT2D eigenvalue weighted by atomic mass is 32.1. The second-order valence-corrected chi connectivity index (χ2v) is 8.72. The van der Waals surface area contributed by atoms with Gasteiger partial charge in [-0.3, -0.25) is 4.79 Å². The summed E-state index contributed by atoms with van der Waals surface area (Å²) in [4.78, 5) is 19.4. The molecule has 1 heterocycles. The number of fused-ring (bicyclic) bond motifs is 3. The van der Waals surface area contributed by atoms with Crippen LogP contribution >= 0.6 is 11.3 Å². The number of carbonyl (C=O) groups is 1. The Balaban J connectivity index is 1.35. The van der Waals surface area contributed by atoms with Crippen molar-refractivity contribution in [3.8, 4) is 0 Å². The Morgan fingerprint density at radius 1 is 1.21 bits per heavy atom. The van der Waals surface area contributed by atoms with Crippen LogP contribution in [0.1, 0.15) is 50.0 Å². The number of aryl methyl sites for hydroxylation is 1. The Bertz CT molecular complexity index is 680. The lowest BCUT2D eigenvalue weighted by molar-refractivity contribution is -0.133. The number of nitrogens with zero attached hydrogens (tertiary/aromatic N) is 2. The van der Waals surface area contributed by atoms with Gasteiger partial charge in [0.2, 0.25) is 5.91 Å². The van der Waals surface area contributed by atoms with Crippen LogP contribution in [-0.2, 0) is 11.2 Å². The van der Waals surface area contributed by atoms with Crippen molar-refractivity contribution in [3.63, 3.8) is 0 Å². The van der Waals surface area contributed by atoms with Crippen molar-refractivity contribution >= 4 is 27.5 Å². The number of hydrogen-bond acceptors (Lipinski definition) is 3. The zero-order valence-corrected chi connectivity index (χ0v) is 15.2. The predicted octanol–water partition coefficient (Wildman–Crippen LogP) is 4.66. The van der Waals surface area contributed by atoms with Crippen molar-refractivity contribution in [2.75, 3.05) is 7.05 Å². The maximum absolute atomic E-state index is 12.7. The van der Waals surface area contributed by atoms with E-state index < -0.39 is 0 Å². The molecule has 128 valence electrons. The molecule has 0 N–H and O–H groups in total. The Kier molecular flexibility index (Phi) is 4.57. The molecule has 1 aromatic carbocycles. The monoisotopic (exact) mass is 342 g/mol. The third-order valence-electron chi connectivity index (χ3n) is 5.93. The first kappa shape index (κ1) is 16.1. The molecule has 4 heteroatoms. The molecule has 2 aliphatic carbocycles. The van der Waals surface area contributed by atoms with Gasteiger partial charge in [-0.15, -0.1) is 11.3 Å². The Labute approximate surface area is 148 Å². The number of rotatable bonds is 4. The summed E-state index contributed by atoms with van der Waals surface area (Å²) in [5, 5.41) is 1.08. The van der Waals surface area contributed by atoms with Gasteiger partial charge < -0.3 is 4.90 Å². The summed E-state index contributed by atoms with van der Waals surface area (Å²) in [5.74, 6) is 2.02. The predicted molar refractivity (Wildman–Crippen MR) is 99.2 cm³/mol. The summed E-state index contributed by atoms with van der Waals surface area (Å²) >= 11 is 1.72. The topological polar surface area (TPSA) is 33.2 Å². The summed E-state index contributed by atoms with van der Waals surface area (Å²) in [7, 11) is 2.02. The van der Waals surface area contributed by atoms with E-state index in [1.54, 1.807) is 11.3 Å². The summed E-state index contributed by atoms with van der Waals surface area (Å²) in [5.41, 5.74) is 1.05. The maximum atomic E-state index is 12.7. The van der Waals surface area contributed by atoms with Gasteiger partial charge >= 0.3 is 0 Å². The second kappa shape index (κ2) is 6.83. The van der Waals surface area contributed by atoms with Crippen molar-refractivity contribution in [1.82, 2.24) is 9.88 Å². The minimum atomic E-state index is 0.291. The molecule has 0 radical (unpaired) electrons. The zero-order valence-electron chi connectivity index (χ0n) is 14.4. The van der Waals surface area contributed by atoms with Crippen LogP contribution in [-0.4, -0.2) is 28.9 Å². The van der Waals surface area contributed by atoms with Crippen LogP contribution in [0.5, 0.6) is 0 Å². The van der Waals surface area contributed by atoms with E-state index >= 15 is 0 Å². The Morgan fingerprint density at radius 2 is 1.96 bits per heavy atom. The van der Waals surface area contributed by atoms with Crippen LogP contribution in [0.4, 0.5) is 0 Å². The standard InChI is InChI=1S/C20H26N2OS/c1-22(16-12-14-5-4-6-15(11-14)13-16)20(23)10-9-19-21-17-7-2-3-8-18(17)24-19/h2-3,7-8,14-16H,4-6,9-13H2,1H3. The molecule has 4 rings (SSSR count). The fourth-order valence-corrected chi connectivity index (χ4v) is 5.60. The number of aromatic nitrogens is 1. The van der Waals surface area contributed by atoms with Gasteiger partial charge in [0.1, 0.15) is 0 Å². The highest BCUT2D eigenvalue weighted by Gasteiger charge is 2.34. The zero-order chi connectivity index (χ0) is 16.5. The van der Waals surface area contributed by atoms with Crippen molar-refractivity contribution < 1.29 is 4.79 Å². The van der Waals surface area contributed by atoms with E-state index in [1.165, 1.54) is 43.2 Å². The lowest BCUT2D eigenvalue weighted by Gasteiger charge is -2.42. The van der Waals surface area contributed by atoms with E-state index in [1.807, 2.05) is 25.2 Å². The molecule has 24 heavy (non-hydrogen) atoms. The first-order valence-electron chi connectivity index (χ1n) is 9.29. The van der Waals surface area contributed by atoms with Gasteiger partial charge in [-0.1, -0.05) is 31.4 Å². The quantitative estimate of drug-likeness (QED) is 0.810. The van der Waals surface area contributed by atoms with Crippen molar-refractivity contribution in [1.29, 1.82) is 0 Å². The first-order chi connectivity index (χ1) is 11.7. The third-order valence-corrected chi connectivity index (χ3v) is 7.03. The van der Waals surface area contributed by atoms with E-state index in [-0.39, 0.29) is 0 Å². The van der Waals surface area contributed by atoms with Gasteiger partial charge in [0, 0.05) is 25.9 Å². The first-order valence-corrected chi connectivity index (χ1v) is 10.1. The molecule has 0 spiro atoms. The van der Waals surface area contributed by atoms with Crippen molar-refractivity contribution in [3.05, 3.63) is 29.3 Å². The molecule has 2 atom stereocenters. The molecule has 0 saturated heterocycles. The van der Waals surface area contributed by atoms with Crippen molar-refractivity contribution in [2.24, 2.45) is 11.8 Å². The van der Waals surface area contributed by atoms with Crippen LogP contribution < -0.4 is 0 Å². The molecule has 2 bridgehead atoms. The number of carbonyl (C=O) groups excluding carboxylic acids is 1. The third kappa shape index (κ3) is 3.34. The van der Waals surface area contributed by atoms with E-state index in [2.05, 4.69) is 16.0 Å². The molecule has 2 fully saturated rings. The Hall–Kier alpha value is -1.42. The fraction of sp³-hybridized carbons (Fsp3) is 0.600. The second-order valence-electron chi connectivity index (χ2n) is 7.60. The lowest BCUT2D eigenvalue weighted by Crippen LogP contribution is -2.43. The highest BCUT2D eigenvalue weighted by molar-refractivity contribution is 7.18. The van der Waals surface area contributed by atoms with Gasteiger partial charge in [-0.25, -0.2) is 4.98 Å². The number of amides is 1. The van der Waals surface area contributed by atoms with Crippen LogP contribution in [0.3, 0.4) is 0 Å². The van der Waals surface area contributed by atoms with Crippen LogP contribution in [0.2, 0.25) is 0 Å². The largest absolute Gasteiger partial charge is 0.343 e. The van der Waals surface area contributed by atoms with Crippen LogP contribution in [0.25, 0.3) is 10.2 Å². The number of thiazole rings is 1. The highest BCUT2D eigenvalue weighted by Crippen LogP contribution is 2.41. The summed E-state index contributed by atoms with van der Waals surface area (Å²) < 4.78 is 1.22. The molecular formula is C20H26N2OS. The number of para-hydroxylation sites is 1. The minimum absolute atomic E-state index is 0.291. The Morgan fingerprint density at radius 3 is 2.71 bits per heavy atom. The van der Waals surface area contributed by atoms with Gasteiger partial charge in [0.05, 0.1) is 15.2 Å². The van der Waals surface area contributed by atoms with E-state index in [0.717, 1.165) is 28.8 Å². The van der Waals surface area contributed by atoms with Gasteiger partial charge in [-0.05, 0) is 43.2 Å². The van der Waals surface area contributed by atoms with E-state index in [4.69, 9.17) is 0 Å². The average molecular weight is 343 g/mol. The molecule has 1 aromatic heterocycles. The number of hydrogen-bond donors (Lipinski definition) is 0. The number of benzene rings is 1. The van der Waals surface area contributed by atoms with Crippen LogP contribution in [0.15, 0.2) is 24.3 Å². The normalized spacial score (nSPS) is 26.5. The summed E-state index contributed by atoms with van der Waals surface area (Å²) in [6, 6.07) is 8.68. The molecule has 3 nitrogen and oxygen atoms in total. The molecule has 1 amide bonds. The average Bonchev–Trinajstić information content (AvgIpc) is 3.01. The molecule has 0 aliphatic heterocycles. The molecule has 2 unspecified atom stereocenters. The fourth-order valence-electron chi connectivity index (χ4n) is 4.63. The summed E-state index contributed by atoms with van der Waals surface area (Å²) in [6.07, 6.45) is 9.35. The molecular weight excluding hydrogens is 316 g/mol. The maximum Gasteiger partial charge on any atom is 0.222 e. The smallest absolute Gasteiger partial charge is 0.222 e. The van der Waals surface area contributed by atoms with Gasteiger partial charge in [0.25, 0.3) is 0 Å². The van der Waals surface area contributed by atoms with Gasteiger partial charge in [-0.2, -0.15) is 0 Å². The molecule has 2 aliphatic rings. The van der Waals surface area contributed by atoms with E-state index in [0.29, 0.717) is 18.4 Å². The van der Waals surface area contributed by atoms with Gasteiger partial charge in [0.15, 0.2) is 0 Å². The minimum Gasteiger partial charge on any atom is -0.343 e. The SMILES string of the molecule is CN(C(=O)CCc1nc2ccccc2s1)C1CC2CCCC(C2)C1. The lowest BCUT2D eigenvalue weighted by atomic mass is 9.70. The van der Waals surface area contributed by atoms with E-state index in [9.17, 15) is 4.79 Å². The van der Waals surface area contributed by atoms with Crippen molar-refractivity contribution in [2.45, 2.75) is 57.4 Å².